The van der Waals surface area contributed by atoms with Crippen molar-refractivity contribution in [3.8, 4) is 0 Å². The van der Waals surface area contributed by atoms with E-state index in [0.717, 1.165) is 12.0 Å². The van der Waals surface area contributed by atoms with Gasteiger partial charge in [0.1, 0.15) is 5.82 Å². The molecule has 2 rings (SSSR count). The molecule has 0 atom stereocenters. The van der Waals surface area contributed by atoms with Gasteiger partial charge in [-0.05, 0) is 36.2 Å². The fourth-order valence-electron chi connectivity index (χ4n) is 1.74. The van der Waals surface area contributed by atoms with Crippen molar-refractivity contribution >= 4 is 34.6 Å². The van der Waals surface area contributed by atoms with E-state index < -0.39 is 0 Å². The molecule has 2 aromatic rings. The Morgan fingerprint density at radius 3 is 2.21 bits per heavy atom. The highest BCUT2D eigenvalue weighted by molar-refractivity contribution is 6.39. The fraction of sp³-hybridized carbons (Fsp3) is 0.143. The summed E-state index contributed by atoms with van der Waals surface area (Å²) < 4.78 is 12.8. The molecular weight excluding hydrogens is 286 g/mol. The lowest BCUT2D eigenvalue weighted by Gasteiger charge is -2.11. The van der Waals surface area contributed by atoms with Gasteiger partial charge in [0.2, 0.25) is 0 Å². The van der Waals surface area contributed by atoms with Crippen LogP contribution in [0.1, 0.15) is 5.56 Å². The predicted molar refractivity (Wildman–Crippen MR) is 79.5 cm³/mol. The minimum atomic E-state index is -0.235. The van der Waals surface area contributed by atoms with Crippen molar-refractivity contribution in [2.24, 2.45) is 0 Å². The minimum Gasteiger partial charge on any atom is -0.399 e. The Balaban J connectivity index is 1.98. The molecule has 0 aliphatic heterocycles. The third kappa shape index (κ3) is 3.75. The standard InChI is InChI=1S/C14H13Cl2FN2/c15-12-7-11(18)8-13(16)14(12)19-6-5-9-1-3-10(17)4-2-9/h1-4,7-8,19H,5-6,18H2. The van der Waals surface area contributed by atoms with Crippen molar-refractivity contribution in [2.75, 3.05) is 17.6 Å². The van der Waals surface area contributed by atoms with Crippen LogP contribution in [0.2, 0.25) is 10.0 Å². The van der Waals surface area contributed by atoms with Gasteiger partial charge in [0, 0.05) is 12.2 Å². The number of benzene rings is 2. The quantitative estimate of drug-likeness (QED) is 0.823. The van der Waals surface area contributed by atoms with Crippen LogP contribution in [0.5, 0.6) is 0 Å². The molecule has 0 amide bonds. The Bertz CT molecular complexity index is 547. The molecule has 0 unspecified atom stereocenters. The Morgan fingerprint density at radius 1 is 1.05 bits per heavy atom. The first-order chi connectivity index (χ1) is 9.06. The summed E-state index contributed by atoms with van der Waals surface area (Å²) in [6.45, 7) is 0.648. The summed E-state index contributed by atoms with van der Waals surface area (Å²) in [5.41, 5.74) is 7.86. The number of nitrogen functional groups attached to an aromatic ring is 1. The lowest BCUT2D eigenvalue weighted by molar-refractivity contribution is 0.627. The number of rotatable bonds is 4. The monoisotopic (exact) mass is 298 g/mol. The van der Waals surface area contributed by atoms with Gasteiger partial charge in [-0.15, -0.1) is 0 Å². The molecule has 0 bridgehead atoms. The molecule has 0 spiro atoms. The molecule has 0 aromatic heterocycles. The van der Waals surface area contributed by atoms with Crippen LogP contribution in [0.4, 0.5) is 15.8 Å². The maximum atomic E-state index is 12.8. The third-order valence-corrected chi connectivity index (χ3v) is 3.29. The van der Waals surface area contributed by atoms with Crippen LogP contribution in [0, 0.1) is 5.82 Å². The first-order valence-electron chi connectivity index (χ1n) is 5.79. The van der Waals surface area contributed by atoms with E-state index in [1.165, 1.54) is 12.1 Å². The first kappa shape index (κ1) is 14.0. The van der Waals surface area contributed by atoms with E-state index in [9.17, 15) is 4.39 Å². The Hall–Kier alpha value is -1.45. The zero-order chi connectivity index (χ0) is 13.8. The highest BCUT2D eigenvalue weighted by atomic mass is 35.5. The normalized spacial score (nSPS) is 10.5. The van der Waals surface area contributed by atoms with Gasteiger partial charge in [-0.1, -0.05) is 35.3 Å². The predicted octanol–water partition coefficient (Wildman–Crippen LogP) is 4.37. The van der Waals surface area contributed by atoms with Gasteiger partial charge in [0.15, 0.2) is 0 Å². The topological polar surface area (TPSA) is 38.0 Å². The largest absolute Gasteiger partial charge is 0.399 e. The van der Waals surface area contributed by atoms with E-state index in [2.05, 4.69) is 5.32 Å². The van der Waals surface area contributed by atoms with E-state index in [1.54, 1.807) is 24.3 Å². The second-order valence-electron chi connectivity index (χ2n) is 4.16. The van der Waals surface area contributed by atoms with Crippen molar-refractivity contribution in [1.82, 2.24) is 0 Å². The summed E-state index contributed by atoms with van der Waals surface area (Å²) in [7, 11) is 0. The highest BCUT2D eigenvalue weighted by Crippen LogP contribution is 2.32. The Labute approximate surface area is 121 Å². The van der Waals surface area contributed by atoms with Gasteiger partial charge in [0.05, 0.1) is 15.7 Å². The molecule has 2 aromatic carbocycles. The number of hydrogen-bond donors (Lipinski definition) is 2. The average molecular weight is 299 g/mol. The molecule has 19 heavy (non-hydrogen) atoms. The maximum absolute atomic E-state index is 12.8. The smallest absolute Gasteiger partial charge is 0.123 e. The number of nitrogens with two attached hydrogens (primary N) is 1. The van der Waals surface area contributed by atoms with Gasteiger partial charge in [-0.2, -0.15) is 0 Å². The van der Waals surface area contributed by atoms with Crippen LogP contribution in [0.3, 0.4) is 0 Å². The van der Waals surface area contributed by atoms with Crippen molar-refractivity contribution < 1.29 is 4.39 Å². The maximum Gasteiger partial charge on any atom is 0.123 e. The Morgan fingerprint density at radius 2 is 1.63 bits per heavy atom. The van der Waals surface area contributed by atoms with Crippen LogP contribution < -0.4 is 11.1 Å². The van der Waals surface area contributed by atoms with Crippen molar-refractivity contribution in [3.63, 3.8) is 0 Å². The zero-order valence-electron chi connectivity index (χ0n) is 10.1. The Kier molecular flexibility index (Phi) is 4.51. The molecule has 0 radical (unpaired) electrons. The van der Waals surface area contributed by atoms with Crippen molar-refractivity contribution in [2.45, 2.75) is 6.42 Å². The first-order valence-corrected chi connectivity index (χ1v) is 6.54. The molecule has 100 valence electrons. The van der Waals surface area contributed by atoms with Crippen LogP contribution in [-0.2, 0) is 6.42 Å². The van der Waals surface area contributed by atoms with Gasteiger partial charge in [0.25, 0.3) is 0 Å². The van der Waals surface area contributed by atoms with Crippen LogP contribution >= 0.6 is 23.2 Å². The number of nitrogens with one attached hydrogen (secondary N) is 1. The van der Waals surface area contributed by atoms with Crippen LogP contribution in [0.15, 0.2) is 36.4 Å². The second-order valence-corrected chi connectivity index (χ2v) is 4.98. The van der Waals surface area contributed by atoms with Gasteiger partial charge >= 0.3 is 0 Å². The third-order valence-electron chi connectivity index (χ3n) is 2.69. The van der Waals surface area contributed by atoms with Crippen LogP contribution in [-0.4, -0.2) is 6.54 Å². The van der Waals surface area contributed by atoms with Crippen molar-refractivity contribution in [3.05, 3.63) is 57.8 Å². The summed E-state index contributed by atoms with van der Waals surface area (Å²) in [5.74, 6) is -0.235. The fourth-order valence-corrected chi connectivity index (χ4v) is 2.38. The molecule has 0 saturated heterocycles. The average Bonchev–Trinajstić information content (AvgIpc) is 2.34. The van der Waals surface area contributed by atoms with Gasteiger partial charge in [-0.25, -0.2) is 4.39 Å². The summed E-state index contributed by atoms with van der Waals surface area (Å²) in [4.78, 5) is 0. The molecule has 0 heterocycles. The summed E-state index contributed by atoms with van der Waals surface area (Å²) in [6.07, 6.45) is 0.747. The minimum absolute atomic E-state index is 0.235. The molecule has 0 saturated carbocycles. The summed E-state index contributed by atoms with van der Waals surface area (Å²) >= 11 is 12.1. The van der Waals surface area contributed by atoms with E-state index in [1.807, 2.05) is 0 Å². The van der Waals surface area contributed by atoms with Gasteiger partial charge in [-0.3, -0.25) is 0 Å². The SMILES string of the molecule is Nc1cc(Cl)c(NCCc2ccc(F)cc2)c(Cl)c1. The molecule has 0 aliphatic carbocycles. The molecule has 0 aliphatic rings. The van der Waals surface area contributed by atoms with Crippen molar-refractivity contribution in [1.29, 1.82) is 0 Å². The molecule has 0 fully saturated rings. The van der Waals surface area contributed by atoms with E-state index in [4.69, 9.17) is 28.9 Å². The van der Waals surface area contributed by atoms with Crippen LogP contribution in [0.25, 0.3) is 0 Å². The van der Waals surface area contributed by atoms with E-state index in [0.29, 0.717) is 28.0 Å². The summed E-state index contributed by atoms with van der Waals surface area (Å²) in [6, 6.07) is 9.69. The molecule has 5 heteroatoms. The second kappa shape index (κ2) is 6.13. The molecule has 3 N–H and O–H groups in total. The highest BCUT2D eigenvalue weighted by Gasteiger charge is 2.06. The lowest BCUT2D eigenvalue weighted by atomic mass is 10.1. The lowest BCUT2D eigenvalue weighted by Crippen LogP contribution is -2.06. The molecule has 2 nitrogen and oxygen atoms in total. The van der Waals surface area contributed by atoms with Gasteiger partial charge < -0.3 is 11.1 Å². The van der Waals surface area contributed by atoms with E-state index >= 15 is 0 Å². The molecular formula is C14H13Cl2FN2. The number of anilines is 2. The zero-order valence-corrected chi connectivity index (χ0v) is 11.6. The number of hydrogen-bond acceptors (Lipinski definition) is 2. The number of halogens is 3. The summed E-state index contributed by atoms with van der Waals surface area (Å²) in [5, 5.41) is 4.14. The van der Waals surface area contributed by atoms with E-state index in [-0.39, 0.29) is 5.82 Å².